The van der Waals surface area contributed by atoms with Crippen LogP contribution in [0.3, 0.4) is 0 Å². The summed E-state index contributed by atoms with van der Waals surface area (Å²) in [5, 5.41) is 0. The Hall–Kier alpha value is -2.31. The molecule has 0 spiro atoms. The molecule has 0 saturated carbocycles. The van der Waals surface area contributed by atoms with Crippen molar-refractivity contribution in [1.29, 1.82) is 0 Å². The van der Waals surface area contributed by atoms with Crippen molar-refractivity contribution in [1.82, 2.24) is 8.52 Å². The summed E-state index contributed by atoms with van der Waals surface area (Å²) in [6, 6.07) is 20.2. The van der Waals surface area contributed by atoms with Gasteiger partial charge in [0.15, 0.2) is 10.6 Å². The molecule has 1 heterocycles. The molecule has 0 amide bonds. The molecule has 0 fully saturated rings. The maximum Gasteiger partial charge on any atom is 0.209 e. The smallest absolute Gasteiger partial charge is 0.209 e. The number of amidine groups is 1. The van der Waals surface area contributed by atoms with E-state index >= 15 is 0 Å². The minimum atomic E-state index is 0.305. The van der Waals surface area contributed by atoms with E-state index in [0.717, 1.165) is 20.8 Å². The molecule has 0 radical (unpaired) electrons. The van der Waals surface area contributed by atoms with Crippen LogP contribution in [0.2, 0.25) is 0 Å². The summed E-state index contributed by atoms with van der Waals surface area (Å²) in [7, 11) is 1.95. The topological polar surface area (TPSA) is 34.6 Å². The van der Waals surface area contributed by atoms with Crippen LogP contribution >= 0.6 is 23.8 Å². The first kappa shape index (κ1) is 17.5. The number of benzene rings is 2. The number of rotatable bonds is 3. The van der Waals surface area contributed by atoms with Gasteiger partial charge in [0, 0.05) is 18.7 Å². The third-order valence-corrected chi connectivity index (χ3v) is 5.54. The summed E-state index contributed by atoms with van der Waals surface area (Å²) in [5.74, 6) is 0.676. The van der Waals surface area contributed by atoms with Crippen LogP contribution in [-0.2, 0) is 7.05 Å². The number of para-hydroxylation sites is 1. The van der Waals surface area contributed by atoms with Crippen LogP contribution < -0.4 is 4.80 Å². The molecule has 25 heavy (non-hydrogen) atoms. The number of nitrogens with zero attached hydrogens (tertiary/aromatic N) is 4. The van der Waals surface area contributed by atoms with Crippen LogP contribution in [0.1, 0.15) is 25.5 Å². The molecule has 6 heteroatoms. The van der Waals surface area contributed by atoms with Crippen LogP contribution in [0.4, 0.5) is 5.69 Å². The van der Waals surface area contributed by atoms with Gasteiger partial charge in [0.25, 0.3) is 0 Å². The molecule has 0 aliphatic carbocycles. The Bertz CT molecular complexity index is 993. The highest BCUT2D eigenvalue weighted by atomic mass is 32.1. The highest BCUT2D eigenvalue weighted by Crippen LogP contribution is 2.14. The van der Waals surface area contributed by atoms with Crippen molar-refractivity contribution in [2.24, 2.45) is 17.0 Å². The summed E-state index contributed by atoms with van der Waals surface area (Å²) in [6.45, 7) is 4.23. The molecule has 3 rings (SSSR count). The molecule has 0 aliphatic rings. The standard InChI is InChI=1S/C19H20N4S2/c1-14(2)23-19(24)22(3)18(25-23)21-17(15-10-6-4-7-11-15)20-16-12-8-5-9-13-16/h4-14H,1-3H3. The van der Waals surface area contributed by atoms with Crippen LogP contribution in [0.25, 0.3) is 0 Å². The Kier molecular flexibility index (Phi) is 5.40. The van der Waals surface area contributed by atoms with Crippen molar-refractivity contribution in [2.75, 3.05) is 0 Å². The van der Waals surface area contributed by atoms with E-state index < -0.39 is 0 Å². The predicted molar refractivity (Wildman–Crippen MR) is 107 cm³/mol. The first-order valence-corrected chi connectivity index (χ1v) is 9.27. The molecule has 1 aromatic heterocycles. The van der Waals surface area contributed by atoms with Gasteiger partial charge in [-0.2, -0.15) is 4.99 Å². The minimum absolute atomic E-state index is 0.305. The van der Waals surface area contributed by atoms with Gasteiger partial charge in [-0.15, -0.1) is 0 Å². The molecule has 0 aliphatic heterocycles. The van der Waals surface area contributed by atoms with E-state index in [1.807, 2.05) is 72.3 Å². The number of aliphatic imine (C=N–C) groups is 1. The third-order valence-electron chi connectivity index (χ3n) is 3.64. The number of hydrogen-bond donors (Lipinski definition) is 0. The van der Waals surface area contributed by atoms with Crippen molar-refractivity contribution in [3.63, 3.8) is 0 Å². The summed E-state index contributed by atoms with van der Waals surface area (Å²) in [4.78, 5) is 10.4. The summed E-state index contributed by atoms with van der Waals surface area (Å²) in [6.07, 6.45) is 0. The van der Waals surface area contributed by atoms with Crippen molar-refractivity contribution < 1.29 is 0 Å². The minimum Gasteiger partial charge on any atom is -0.296 e. The molecule has 128 valence electrons. The average Bonchev–Trinajstić information content (AvgIpc) is 2.91. The monoisotopic (exact) mass is 368 g/mol. The molecule has 0 saturated heterocycles. The molecular weight excluding hydrogens is 348 g/mol. The van der Waals surface area contributed by atoms with Crippen molar-refractivity contribution >= 4 is 35.3 Å². The number of aromatic nitrogens is 2. The SMILES string of the molecule is CC(C)n1sc(=NC(=Nc2ccccc2)c2ccccc2)n(C)c1=S. The largest absolute Gasteiger partial charge is 0.296 e. The quantitative estimate of drug-likeness (QED) is 0.369. The Labute approximate surface area is 156 Å². The zero-order chi connectivity index (χ0) is 17.8. The van der Waals surface area contributed by atoms with Crippen LogP contribution in [0.15, 0.2) is 70.6 Å². The second-order valence-corrected chi connectivity index (χ2v) is 7.19. The van der Waals surface area contributed by atoms with E-state index in [9.17, 15) is 0 Å². The first-order chi connectivity index (χ1) is 12.1. The van der Waals surface area contributed by atoms with E-state index in [0.29, 0.717) is 11.9 Å². The average molecular weight is 369 g/mol. The summed E-state index contributed by atoms with van der Waals surface area (Å²) < 4.78 is 4.79. The molecule has 2 aromatic carbocycles. The van der Waals surface area contributed by atoms with Gasteiger partial charge >= 0.3 is 0 Å². The Morgan fingerprint density at radius 2 is 1.60 bits per heavy atom. The van der Waals surface area contributed by atoms with Crippen molar-refractivity contribution in [3.05, 3.63) is 75.8 Å². The Balaban J connectivity index is 2.19. The maximum atomic E-state index is 5.53. The molecule has 0 N–H and O–H groups in total. The lowest BCUT2D eigenvalue weighted by Gasteiger charge is -2.02. The second kappa shape index (κ2) is 7.72. The van der Waals surface area contributed by atoms with Crippen LogP contribution in [0.5, 0.6) is 0 Å². The molecular formula is C19H20N4S2. The van der Waals surface area contributed by atoms with Gasteiger partial charge in [-0.05, 0) is 49.7 Å². The van der Waals surface area contributed by atoms with E-state index in [4.69, 9.17) is 22.2 Å². The molecule has 0 bridgehead atoms. The van der Waals surface area contributed by atoms with E-state index in [-0.39, 0.29) is 0 Å². The van der Waals surface area contributed by atoms with Crippen molar-refractivity contribution in [3.8, 4) is 0 Å². The molecule has 0 unspecified atom stereocenters. The summed E-state index contributed by atoms with van der Waals surface area (Å²) in [5.41, 5.74) is 1.85. The van der Waals surface area contributed by atoms with Crippen LogP contribution in [-0.4, -0.2) is 14.4 Å². The Morgan fingerprint density at radius 1 is 1.00 bits per heavy atom. The third kappa shape index (κ3) is 4.03. The van der Waals surface area contributed by atoms with Gasteiger partial charge in [-0.1, -0.05) is 48.5 Å². The fourth-order valence-electron chi connectivity index (χ4n) is 2.30. The lowest BCUT2D eigenvalue weighted by Crippen LogP contribution is -2.14. The number of hydrogen-bond acceptors (Lipinski definition) is 3. The lowest BCUT2D eigenvalue weighted by molar-refractivity contribution is 0.617. The van der Waals surface area contributed by atoms with Crippen LogP contribution in [0, 0.1) is 4.77 Å². The maximum absolute atomic E-state index is 5.53. The van der Waals surface area contributed by atoms with Gasteiger partial charge in [0.05, 0.1) is 5.69 Å². The fraction of sp³-hybridized carbons (Fsp3) is 0.211. The fourth-order valence-corrected chi connectivity index (χ4v) is 3.69. The van der Waals surface area contributed by atoms with Gasteiger partial charge in [0.1, 0.15) is 0 Å². The summed E-state index contributed by atoms with van der Waals surface area (Å²) >= 11 is 7.08. The van der Waals surface area contributed by atoms with Gasteiger partial charge in [0.2, 0.25) is 4.80 Å². The predicted octanol–water partition coefficient (Wildman–Crippen LogP) is 4.88. The second-order valence-electron chi connectivity index (χ2n) is 5.88. The molecule has 0 atom stereocenters. The van der Waals surface area contributed by atoms with Gasteiger partial charge in [-0.25, -0.2) is 4.99 Å². The molecule has 3 aromatic rings. The van der Waals surface area contributed by atoms with E-state index in [2.05, 4.69) is 17.8 Å². The first-order valence-electron chi connectivity index (χ1n) is 8.09. The molecule has 4 nitrogen and oxygen atoms in total. The van der Waals surface area contributed by atoms with Gasteiger partial charge in [-0.3, -0.25) is 8.52 Å². The lowest BCUT2D eigenvalue weighted by atomic mass is 10.2. The normalized spacial score (nSPS) is 12.8. The van der Waals surface area contributed by atoms with Crippen molar-refractivity contribution in [2.45, 2.75) is 19.9 Å². The Morgan fingerprint density at radius 3 is 2.16 bits per heavy atom. The highest BCUT2D eigenvalue weighted by molar-refractivity contribution is 7.71. The van der Waals surface area contributed by atoms with Gasteiger partial charge < -0.3 is 0 Å². The zero-order valence-electron chi connectivity index (χ0n) is 14.5. The zero-order valence-corrected chi connectivity index (χ0v) is 16.1. The highest BCUT2D eigenvalue weighted by Gasteiger charge is 2.08. The van der Waals surface area contributed by atoms with E-state index in [1.54, 1.807) is 11.5 Å². The van der Waals surface area contributed by atoms with E-state index in [1.165, 1.54) is 0 Å².